The van der Waals surface area contributed by atoms with Crippen LogP contribution in [0.4, 0.5) is 0 Å². The lowest BCUT2D eigenvalue weighted by Gasteiger charge is -2.32. The van der Waals surface area contributed by atoms with Crippen LogP contribution in [0.3, 0.4) is 0 Å². The quantitative estimate of drug-likeness (QED) is 0.737. The summed E-state index contributed by atoms with van der Waals surface area (Å²) in [5.74, 6) is 0. The summed E-state index contributed by atoms with van der Waals surface area (Å²) in [6.45, 7) is 4.64. The second kappa shape index (κ2) is 4.36. The van der Waals surface area contributed by atoms with Crippen molar-refractivity contribution in [1.29, 1.82) is 0 Å². The summed E-state index contributed by atoms with van der Waals surface area (Å²) in [5.41, 5.74) is 1.61. The number of benzene rings is 1. The molecule has 0 bridgehead atoms. The van der Waals surface area contributed by atoms with Crippen LogP contribution >= 0.6 is 0 Å². The van der Waals surface area contributed by atoms with E-state index in [1.807, 2.05) is 0 Å². The molecule has 0 amide bonds. The molecule has 1 heterocycles. The van der Waals surface area contributed by atoms with Crippen LogP contribution in [0.2, 0.25) is 0 Å². The molecule has 1 saturated heterocycles. The number of hydrogen-bond acceptors (Lipinski definition) is 1. The normalized spacial score (nSPS) is 32.3. The third kappa shape index (κ3) is 2.40. The SMILES string of the molecule is CC1CCCCC(C)(c2ccccc2)N1. The van der Waals surface area contributed by atoms with Crippen molar-refractivity contribution in [2.75, 3.05) is 0 Å². The van der Waals surface area contributed by atoms with Gasteiger partial charge in [0.05, 0.1) is 0 Å². The van der Waals surface area contributed by atoms with Gasteiger partial charge in [0, 0.05) is 11.6 Å². The molecule has 1 aliphatic rings. The van der Waals surface area contributed by atoms with Gasteiger partial charge in [-0.05, 0) is 32.3 Å². The Kier molecular flexibility index (Phi) is 3.11. The van der Waals surface area contributed by atoms with Gasteiger partial charge in [-0.2, -0.15) is 0 Å². The molecule has 2 rings (SSSR count). The fraction of sp³-hybridized carbons (Fsp3) is 0.571. The summed E-state index contributed by atoms with van der Waals surface area (Å²) in [4.78, 5) is 0. The molecule has 82 valence electrons. The molecule has 0 spiro atoms. The highest BCUT2D eigenvalue weighted by Gasteiger charge is 2.29. The number of hydrogen-bond donors (Lipinski definition) is 1. The monoisotopic (exact) mass is 203 g/mol. The maximum absolute atomic E-state index is 3.77. The highest BCUT2D eigenvalue weighted by atomic mass is 15.0. The fourth-order valence-corrected chi connectivity index (χ4v) is 2.65. The molecule has 15 heavy (non-hydrogen) atoms. The Balaban J connectivity index is 2.24. The van der Waals surface area contributed by atoms with E-state index in [0.717, 1.165) is 0 Å². The van der Waals surface area contributed by atoms with Crippen molar-refractivity contribution in [2.24, 2.45) is 0 Å². The van der Waals surface area contributed by atoms with Gasteiger partial charge in [-0.15, -0.1) is 0 Å². The van der Waals surface area contributed by atoms with E-state index >= 15 is 0 Å². The Labute approximate surface area is 92.9 Å². The second-order valence-electron chi connectivity index (χ2n) is 4.99. The van der Waals surface area contributed by atoms with Gasteiger partial charge in [0.15, 0.2) is 0 Å². The van der Waals surface area contributed by atoms with Crippen molar-refractivity contribution >= 4 is 0 Å². The Hall–Kier alpha value is -0.820. The predicted molar refractivity (Wildman–Crippen MR) is 64.9 cm³/mol. The molecular formula is C14H21N. The van der Waals surface area contributed by atoms with E-state index < -0.39 is 0 Å². The van der Waals surface area contributed by atoms with E-state index in [9.17, 15) is 0 Å². The molecule has 0 aliphatic carbocycles. The standard InChI is InChI=1S/C14H21N/c1-12-8-6-7-11-14(2,15-12)13-9-4-3-5-10-13/h3-5,9-10,12,15H,6-8,11H2,1-2H3. The first-order valence-electron chi connectivity index (χ1n) is 6.04. The van der Waals surface area contributed by atoms with Crippen molar-refractivity contribution in [3.05, 3.63) is 35.9 Å². The van der Waals surface area contributed by atoms with Gasteiger partial charge < -0.3 is 5.32 Å². The number of nitrogens with one attached hydrogen (secondary N) is 1. The average Bonchev–Trinajstić information content (AvgIpc) is 2.42. The topological polar surface area (TPSA) is 12.0 Å². The maximum atomic E-state index is 3.77. The van der Waals surface area contributed by atoms with Crippen molar-refractivity contribution in [3.8, 4) is 0 Å². The second-order valence-corrected chi connectivity index (χ2v) is 4.99. The van der Waals surface area contributed by atoms with Crippen LogP contribution < -0.4 is 5.32 Å². The first-order chi connectivity index (χ1) is 7.21. The molecule has 1 N–H and O–H groups in total. The van der Waals surface area contributed by atoms with Crippen LogP contribution in [0.5, 0.6) is 0 Å². The van der Waals surface area contributed by atoms with E-state index in [4.69, 9.17) is 0 Å². The lowest BCUT2D eigenvalue weighted by molar-refractivity contribution is 0.323. The molecule has 1 heteroatoms. The Bertz CT molecular complexity index is 306. The zero-order valence-corrected chi connectivity index (χ0v) is 9.79. The van der Waals surface area contributed by atoms with Crippen LogP contribution in [0.15, 0.2) is 30.3 Å². The van der Waals surface area contributed by atoms with E-state index in [2.05, 4.69) is 49.5 Å². The van der Waals surface area contributed by atoms with E-state index in [1.54, 1.807) is 0 Å². The van der Waals surface area contributed by atoms with Crippen molar-refractivity contribution in [2.45, 2.75) is 51.1 Å². The summed E-state index contributed by atoms with van der Waals surface area (Å²) >= 11 is 0. The van der Waals surface area contributed by atoms with Crippen LogP contribution in [-0.4, -0.2) is 6.04 Å². The summed E-state index contributed by atoms with van der Waals surface area (Å²) < 4.78 is 0. The zero-order valence-electron chi connectivity index (χ0n) is 9.79. The van der Waals surface area contributed by atoms with Crippen LogP contribution in [-0.2, 0) is 5.54 Å². The van der Waals surface area contributed by atoms with Gasteiger partial charge in [0.2, 0.25) is 0 Å². The smallest absolute Gasteiger partial charge is 0.0408 e. The largest absolute Gasteiger partial charge is 0.305 e. The summed E-state index contributed by atoms with van der Waals surface area (Å²) in [7, 11) is 0. The highest BCUT2D eigenvalue weighted by molar-refractivity contribution is 5.24. The fourth-order valence-electron chi connectivity index (χ4n) is 2.65. The molecule has 1 aromatic rings. The first kappa shape index (κ1) is 10.7. The number of rotatable bonds is 1. The van der Waals surface area contributed by atoms with E-state index in [-0.39, 0.29) is 5.54 Å². The molecule has 1 nitrogen and oxygen atoms in total. The lowest BCUT2D eigenvalue weighted by Crippen LogP contribution is -2.43. The molecular weight excluding hydrogens is 182 g/mol. The minimum atomic E-state index is 0.178. The van der Waals surface area contributed by atoms with Crippen LogP contribution in [0.1, 0.15) is 45.1 Å². The van der Waals surface area contributed by atoms with E-state index in [0.29, 0.717) is 6.04 Å². The highest BCUT2D eigenvalue weighted by Crippen LogP contribution is 2.30. The molecule has 1 aliphatic heterocycles. The van der Waals surface area contributed by atoms with Gasteiger partial charge in [0.1, 0.15) is 0 Å². The van der Waals surface area contributed by atoms with Gasteiger partial charge in [-0.3, -0.25) is 0 Å². The molecule has 2 atom stereocenters. The summed E-state index contributed by atoms with van der Waals surface area (Å²) in [5, 5.41) is 3.77. The average molecular weight is 203 g/mol. The van der Waals surface area contributed by atoms with Crippen molar-refractivity contribution in [3.63, 3.8) is 0 Å². The Morgan fingerprint density at radius 3 is 2.67 bits per heavy atom. The van der Waals surface area contributed by atoms with Gasteiger partial charge in [-0.25, -0.2) is 0 Å². The third-order valence-electron chi connectivity index (χ3n) is 3.54. The third-order valence-corrected chi connectivity index (χ3v) is 3.54. The Morgan fingerprint density at radius 1 is 1.20 bits per heavy atom. The maximum Gasteiger partial charge on any atom is 0.0408 e. The lowest BCUT2D eigenvalue weighted by atomic mass is 9.87. The molecule has 1 aromatic carbocycles. The molecule has 0 radical (unpaired) electrons. The minimum absolute atomic E-state index is 0.178. The predicted octanol–water partition coefficient (Wildman–Crippen LogP) is 3.45. The zero-order chi connectivity index (χ0) is 10.7. The van der Waals surface area contributed by atoms with Gasteiger partial charge in [-0.1, -0.05) is 43.2 Å². The molecule has 0 saturated carbocycles. The van der Waals surface area contributed by atoms with Crippen molar-refractivity contribution < 1.29 is 0 Å². The van der Waals surface area contributed by atoms with E-state index in [1.165, 1.54) is 31.2 Å². The van der Waals surface area contributed by atoms with Gasteiger partial charge in [0.25, 0.3) is 0 Å². The summed E-state index contributed by atoms with van der Waals surface area (Å²) in [6.07, 6.45) is 5.25. The van der Waals surface area contributed by atoms with Gasteiger partial charge >= 0.3 is 0 Å². The van der Waals surface area contributed by atoms with Crippen LogP contribution in [0, 0.1) is 0 Å². The molecule has 2 unspecified atom stereocenters. The van der Waals surface area contributed by atoms with Crippen LogP contribution in [0.25, 0.3) is 0 Å². The minimum Gasteiger partial charge on any atom is -0.305 e. The molecule has 1 fully saturated rings. The Morgan fingerprint density at radius 2 is 1.93 bits per heavy atom. The summed E-state index contributed by atoms with van der Waals surface area (Å²) in [6, 6.07) is 11.5. The van der Waals surface area contributed by atoms with Crippen molar-refractivity contribution in [1.82, 2.24) is 5.32 Å². The molecule has 0 aromatic heterocycles. The first-order valence-corrected chi connectivity index (χ1v) is 6.04.